The van der Waals surface area contributed by atoms with Gasteiger partial charge in [-0.25, -0.2) is 4.39 Å². The van der Waals surface area contributed by atoms with Gasteiger partial charge >= 0.3 is 0 Å². The van der Waals surface area contributed by atoms with Crippen molar-refractivity contribution in [1.29, 1.82) is 0 Å². The summed E-state index contributed by atoms with van der Waals surface area (Å²) in [6.45, 7) is 0.640. The molecule has 2 aromatic rings. The molecule has 1 aliphatic rings. The molecule has 6 heteroatoms. The average molecular weight is 336 g/mol. The molecule has 1 atom stereocenters. The van der Waals surface area contributed by atoms with Crippen LogP contribution in [0.25, 0.3) is 0 Å². The first kappa shape index (κ1) is 16.0. The van der Waals surface area contributed by atoms with Gasteiger partial charge in [-0.05, 0) is 31.0 Å². The van der Waals surface area contributed by atoms with E-state index in [1.807, 2.05) is 11.9 Å². The van der Waals surface area contributed by atoms with E-state index < -0.39 is 5.82 Å². The van der Waals surface area contributed by atoms with Crippen molar-refractivity contribution in [2.45, 2.75) is 31.7 Å². The predicted octanol–water partition coefficient (Wildman–Crippen LogP) is 3.97. The minimum atomic E-state index is -0.402. The molecule has 4 nitrogen and oxygen atoms in total. The summed E-state index contributed by atoms with van der Waals surface area (Å²) >= 11 is 6.29. The molecule has 0 bridgehead atoms. The molecular weight excluding hydrogens is 317 g/mol. The van der Waals surface area contributed by atoms with Crippen molar-refractivity contribution in [2.24, 2.45) is 7.05 Å². The normalized spacial score (nSPS) is 18.7. The highest BCUT2D eigenvalue weighted by Gasteiger charge is 2.31. The number of nitrogens with zero attached hydrogens (tertiary/aromatic N) is 3. The Balaban J connectivity index is 1.98. The number of aryl methyl sites for hydroxylation is 1. The molecule has 0 radical (unpaired) electrons. The number of carbonyl (C=O) groups is 1. The largest absolute Gasteiger partial charge is 0.330 e. The lowest BCUT2D eigenvalue weighted by Crippen LogP contribution is -2.36. The number of aromatic nitrogens is 2. The van der Waals surface area contributed by atoms with E-state index in [2.05, 4.69) is 5.10 Å². The highest BCUT2D eigenvalue weighted by molar-refractivity contribution is 6.31. The van der Waals surface area contributed by atoms with Gasteiger partial charge in [0.15, 0.2) is 0 Å². The van der Waals surface area contributed by atoms with Crippen molar-refractivity contribution in [3.8, 4) is 0 Å². The quantitative estimate of drug-likeness (QED) is 0.832. The Hall–Kier alpha value is -1.88. The summed E-state index contributed by atoms with van der Waals surface area (Å²) < 4.78 is 15.2. The van der Waals surface area contributed by atoms with Crippen LogP contribution in [0.15, 0.2) is 30.5 Å². The standard InChI is InChI=1S/C17H19ClFN3O/c1-21-16(14(18)11-20-21)15-8-3-2-4-9-22(15)17(23)12-6-5-7-13(19)10-12/h5-7,10-11,15H,2-4,8-9H2,1H3/t15-/m0/s1. The van der Waals surface area contributed by atoms with Gasteiger partial charge in [0, 0.05) is 19.2 Å². The number of amides is 1. The Morgan fingerprint density at radius 3 is 2.87 bits per heavy atom. The van der Waals surface area contributed by atoms with E-state index in [0.717, 1.165) is 31.4 Å². The van der Waals surface area contributed by atoms with E-state index in [1.54, 1.807) is 23.0 Å². The zero-order chi connectivity index (χ0) is 16.4. The van der Waals surface area contributed by atoms with Crippen molar-refractivity contribution >= 4 is 17.5 Å². The van der Waals surface area contributed by atoms with Gasteiger partial charge in [-0.15, -0.1) is 0 Å². The Kier molecular flexibility index (Phi) is 4.66. The van der Waals surface area contributed by atoms with Crippen LogP contribution in [0.3, 0.4) is 0 Å². The third-order valence-corrected chi connectivity index (χ3v) is 4.63. The molecule has 1 saturated heterocycles. The van der Waals surface area contributed by atoms with Crippen LogP contribution in [-0.2, 0) is 7.05 Å². The number of likely N-dealkylation sites (tertiary alicyclic amines) is 1. The average Bonchev–Trinajstić information content (AvgIpc) is 2.75. The third kappa shape index (κ3) is 3.24. The maximum atomic E-state index is 13.5. The molecular formula is C17H19ClFN3O. The van der Waals surface area contributed by atoms with Gasteiger partial charge in [0.05, 0.1) is 23.0 Å². The van der Waals surface area contributed by atoms with Gasteiger partial charge < -0.3 is 4.90 Å². The molecule has 122 valence electrons. The van der Waals surface area contributed by atoms with Crippen LogP contribution in [-0.4, -0.2) is 27.1 Å². The number of benzene rings is 1. The summed E-state index contributed by atoms with van der Waals surface area (Å²) in [5, 5.41) is 4.76. The lowest BCUT2D eigenvalue weighted by atomic mass is 10.1. The third-order valence-electron chi connectivity index (χ3n) is 4.34. The van der Waals surface area contributed by atoms with Gasteiger partial charge in [-0.2, -0.15) is 5.10 Å². The highest BCUT2D eigenvalue weighted by atomic mass is 35.5. The topological polar surface area (TPSA) is 38.1 Å². The maximum absolute atomic E-state index is 13.5. The lowest BCUT2D eigenvalue weighted by molar-refractivity contribution is 0.0673. The van der Waals surface area contributed by atoms with Gasteiger partial charge in [-0.1, -0.05) is 30.5 Å². The second kappa shape index (κ2) is 6.71. The number of carbonyl (C=O) groups excluding carboxylic acids is 1. The minimum absolute atomic E-state index is 0.131. The van der Waals surface area contributed by atoms with Crippen LogP contribution >= 0.6 is 11.6 Å². The van der Waals surface area contributed by atoms with E-state index >= 15 is 0 Å². The van der Waals surface area contributed by atoms with Crippen LogP contribution in [0.4, 0.5) is 4.39 Å². The Bertz CT molecular complexity index is 696. The molecule has 0 aliphatic carbocycles. The second-order valence-corrected chi connectivity index (χ2v) is 6.28. The Morgan fingerprint density at radius 1 is 1.35 bits per heavy atom. The van der Waals surface area contributed by atoms with Crippen LogP contribution in [0, 0.1) is 5.82 Å². The molecule has 0 spiro atoms. The summed E-state index contributed by atoms with van der Waals surface area (Å²) in [6.07, 6.45) is 5.47. The molecule has 1 amide bonds. The van der Waals surface area contributed by atoms with Crippen LogP contribution in [0.1, 0.15) is 47.8 Å². The Labute approximate surface area is 139 Å². The van der Waals surface area contributed by atoms with Crippen molar-refractivity contribution in [3.63, 3.8) is 0 Å². The SMILES string of the molecule is Cn1ncc(Cl)c1[C@@H]1CCCCCN1C(=O)c1cccc(F)c1. The summed E-state index contributed by atoms with van der Waals surface area (Å²) in [6, 6.07) is 5.71. The number of hydrogen-bond acceptors (Lipinski definition) is 2. The molecule has 23 heavy (non-hydrogen) atoms. The predicted molar refractivity (Wildman–Crippen MR) is 86.9 cm³/mol. The van der Waals surface area contributed by atoms with E-state index in [9.17, 15) is 9.18 Å². The monoisotopic (exact) mass is 335 g/mol. The smallest absolute Gasteiger partial charge is 0.254 e. The van der Waals surface area contributed by atoms with Crippen molar-refractivity contribution in [2.75, 3.05) is 6.54 Å². The first-order chi connectivity index (χ1) is 11.1. The second-order valence-electron chi connectivity index (χ2n) is 5.88. The Morgan fingerprint density at radius 2 is 2.17 bits per heavy atom. The van der Waals surface area contributed by atoms with Crippen molar-refractivity contribution in [3.05, 3.63) is 52.6 Å². The summed E-state index contributed by atoms with van der Waals surface area (Å²) in [4.78, 5) is 14.7. The number of rotatable bonds is 2. The first-order valence-corrected chi connectivity index (χ1v) is 8.19. The van der Waals surface area contributed by atoms with Crippen molar-refractivity contribution in [1.82, 2.24) is 14.7 Å². The van der Waals surface area contributed by atoms with Crippen molar-refractivity contribution < 1.29 is 9.18 Å². The van der Waals surface area contributed by atoms with Crippen LogP contribution in [0.5, 0.6) is 0 Å². The molecule has 0 saturated carbocycles. The van der Waals surface area contributed by atoms with E-state index in [-0.39, 0.29) is 11.9 Å². The van der Waals surface area contributed by atoms with E-state index in [1.165, 1.54) is 12.1 Å². The van der Waals surface area contributed by atoms with Crippen LogP contribution in [0.2, 0.25) is 5.02 Å². The zero-order valence-electron chi connectivity index (χ0n) is 13.0. The number of halogens is 2. The highest BCUT2D eigenvalue weighted by Crippen LogP contribution is 2.34. The zero-order valence-corrected chi connectivity index (χ0v) is 13.8. The molecule has 1 aromatic heterocycles. The summed E-state index contributed by atoms with van der Waals surface area (Å²) in [5.74, 6) is -0.561. The molecule has 0 N–H and O–H groups in total. The molecule has 1 aromatic carbocycles. The molecule has 0 unspecified atom stereocenters. The molecule has 2 heterocycles. The lowest BCUT2D eigenvalue weighted by Gasteiger charge is -2.30. The first-order valence-electron chi connectivity index (χ1n) is 7.82. The molecule has 1 aliphatic heterocycles. The minimum Gasteiger partial charge on any atom is -0.330 e. The maximum Gasteiger partial charge on any atom is 0.254 e. The van der Waals surface area contributed by atoms with Crippen LogP contribution < -0.4 is 0 Å². The fraction of sp³-hybridized carbons (Fsp3) is 0.412. The van der Waals surface area contributed by atoms with Gasteiger partial charge in [0.1, 0.15) is 5.82 Å². The van der Waals surface area contributed by atoms with Gasteiger partial charge in [-0.3, -0.25) is 9.48 Å². The molecule has 3 rings (SSSR count). The fourth-order valence-corrected chi connectivity index (χ4v) is 3.51. The summed E-state index contributed by atoms with van der Waals surface area (Å²) in [5.41, 5.74) is 1.22. The fourth-order valence-electron chi connectivity index (χ4n) is 3.22. The molecule has 1 fully saturated rings. The number of hydrogen-bond donors (Lipinski definition) is 0. The summed E-state index contributed by atoms with van der Waals surface area (Å²) in [7, 11) is 1.83. The van der Waals surface area contributed by atoms with Gasteiger partial charge in [0.25, 0.3) is 5.91 Å². The van der Waals surface area contributed by atoms with Gasteiger partial charge in [0.2, 0.25) is 0 Å². The van der Waals surface area contributed by atoms with E-state index in [0.29, 0.717) is 17.1 Å². The van der Waals surface area contributed by atoms with E-state index in [4.69, 9.17) is 11.6 Å².